The second-order valence-corrected chi connectivity index (χ2v) is 5.74. The van der Waals surface area contributed by atoms with Gasteiger partial charge in [0.2, 0.25) is 0 Å². The van der Waals surface area contributed by atoms with Gasteiger partial charge in [-0.1, -0.05) is 35.9 Å². The molecule has 5 heteroatoms. The van der Waals surface area contributed by atoms with Crippen molar-refractivity contribution >= 4 is 33.2 Å². The van der Waals surface area contributed by atoms with Gasteiger partial charge in [0.15, 0.2) is 0 Å². The molecule has 0 amide bonds. The third-order valence-corrected chi connectivity index (χ3v) is 4.03. The minimum Gasteiger partial charge on any atom is -0.380 e. The second-order valence-electron chi connectivity index (χ2n) is 4.48. The van der Waals surface area contributed by atoms with E-state index < -0.39 is 6.43 Å². The first-order valence-corrected chi connectivity index (χ1v) is 7.21. The smallest absolute Gasteiger partial charge is 0.263 e. The van der Waals surface area contributed by atoms with Crippen molar-refractivity contribution in [3.63, 3.8) is 0 Å². The number of benzene rings is 2. The highest BCUT2D eigenvalue weighted by atomic mass is 79.9. The Bertz CT molecular complexity index is 600. The average Bonchev–Trinajstić information content (AvgIpc) is 2.42. The Morgan fingerprint density at radius 2 is 1.85 bits per heavy atom. The molecule has 1 N–H and O–H groups in total. The minimum atomic E-state index is -2.43. The number of hydrogen-bond donors (Lipinski definition) is 1. The summed E-state index contributed by atoms with van der Waals surface area (Å²) in [5.74, 6) is 0. The van der Waals surface area contributed by atoms with Gasteiger partial charge in [0.25, 0.3) is 6.43 Å². The van der Waals surface area contributed by atoms with E-state index in [-0.39, 0.29) is 5.56 Å². The molecule has 2 aromatic carbocycles. The number of nitrogens with one attached hydrogen (secondary N) is 1. The van der Waals surface area contributed by atoms with E-state index in [0.717, 1.165) is 21.3 Å². The van der Waals surface area contributed by atoms with Crippen molar-refractivity contribution in [2.45, 2.75) is 19.9 Å². The Morgan fingerprint density at radius 1 is 1.20 bits per heavy atom. The van der Waals surface area contributed by atoms with Crippen LogP contribution in [0.1, 0.15) is 23.1 Å². The molecule has 0 atom stereocenters. The molecule has 0 bridgehead atoms. The molecule has 0 aliphatic carbocycles. The van der Waals surface area contributed by atoms with E-state index in [9.17, 15) is 8.78 Å². The minimum absolute atomic E-state index is 0.0355. The highest BCUT2D eigenvalue weighted by molar-refractivity contribution is 9.10. The Labute approximate surface area is 130 Å². The number of aryl methyl sites for hydroxylation is 1. The van der Waals surface area contributed by atoms with Crippen LogP contribution in [-0.2, 0) is 6.54 Å². The maximum atomic E-state index is 12.4. The highest BCUT2D eigenvalue weighted by Gasteiger charge is 2.07. The molecule has 0 saturated heterocycles. The van der Waals surface area contributed by atoms with Gasteiger partial charge in [-0.25, -0.2) is 8.78 Å². The number of halogens is 4. The largest absolute Gasteiger partial charge is 0.380 e. The quantitative estimate of drug-likeness (QED) is 0.709. The van der Waals surface area contributed by atoms with Gasteiger partial charge >= 0.3 is 0 Å². The van der Waals surface area contributed by atoms with Crippen molar-refractivity contribution in [1.29, 1.82) is 0 Å². The molecule has 2 aromatic rings. The molecule has 2 rings (SSSR count). The van der Waals surface area contributed by atoms with E-state index in [0.29, 0.717) is 11.6 Å². The molecule has 0 unspecified atom stereocenters. The summed E-state index contributed by atoms with van der Waals surface area (Å²) in [6.07, 6.45) is -2.43. The summed E-state index contributed by atoms with van der Waals surface area (Å²) in [6, 6.07) is 10.0. The lowest BCUT2D eigenvalue weighted by Crippen LogP contribution is -2.00. The molecule has 0 heterocycles. The molecule has 0 radical (unpaired) electrons. The molecule has 0 saturated carbocycles. The van der Waals surface area contributed by atoms with E-state index in [2.05, 4.69) is 21.2 Å². The monoisotopic (exact) mass is 359 g/mol. The molecule has 0 fully saturated rings. The molecular formula is C15H13BrClF2N. The molecule has 20 heavy (non-hydrogen) atoms. The van der Waals surface area contributed by atoms with Gasteiger partial charge in [-0.2, -0.15) is 0 Å². The van der Waals surface area contributed by atoms with Crippen LogP contribution < -0.4 is 5.32 Å². The van der Waals surface area contributed by atoms with Gasteiger partial charge in [0.1, 0.15) is 0 Å². The first-order valence-electron chi connectivity index (χ1n) is 6.04. The molecule has 0 spiro atoms. The molecule has 106 valence electrons. The van der Waals surface area contributed by atoms with Crippen LogP contribution in [0.4, 0.5) is 14.5 Å². The van der Waals surface area contributed by atoms with Crippen molar-refractivity contribution in [3.8, 4) is 0 Å². The summed E-state index contributed by atoms with van der Waals surface area (Å²) in [4.78, 5) is 0. The fourth-order valence-electron chi connectivity index (χ4n) is 1.76. The fourth-order valence-corrected chi connectivity index (χ4v) is 2.52. The zero-order valence-corrected chi connectivity index (χ0v) is 13.1. The molecule has 1 nitrogen and oxygen atoms in total. The zero-order valence-electron chi connectivity index (χ0n) is 10.8. The lowest BCUT2D eigenvalue weighted by atomic mass is 10.1. The number of rotatable bonds is 4. The van der Waals surface area contributed by atoms with Gasteiger partial charge in [-0.3, -0.25) is 0 Å². The van der Waals surface area contributed by atoms with Crippen LogP contribution in [0.3, 0.4) is 0 Å². The van der Waals surface area contributed by atoms with Crippen molar-refractivity contribution in [2.24, 2.45) is 0 Å². The van der Waals surface area contributed by atoms with Crippen molar-refractivity contribution in [1.82, 2.24) is 0 Å². The van der Waals surface area contributed by atoms with Gasteiger partial charge in [0.05, 0.1) is 5.69 Å². The predicted octanol–water partition coefficient (Wildman–Crippen LogP) is 5.96. The highest BCUT2D eigenvalue weighted by Crippen LogP contribution is 2.29. The van der Waals surface area contributed by atoms with Crippen LogP contribution in [-0.4, -0.2) is 0 Å². The summed E-state index contributed by atoms with van der Waals surface area (Å²) < 4.78 is 25.8. The third kappa shape index (κ3) is 3.70. The molecule has 0 aliphatic rings. The van der Waals surface area contributed by atoms with Gasteiger partial charge in [-0.15, -0.1) is 0 Å². The van der Waals surface area contributed by atoms with Crippen LogP contribution in [0, 0.1) is 6.92 Å². The molecule has 0 aliphatic heterocycles. The maximum absolute atomic E-state index is 12.4. The van der Waals surface area contributed by atoms with Gasteiger partial charge in [0, 0.05) is 21.6 Å². The summed E-state index contributed by atoms with van der Waals surface area (Å²) in [6.45, 7) is 2.47. The number of anilines is 1. The van der Waals surface area contributed by atoms with Crippen LogP contribution in [0.5, 0.6) is 0 Å². The Morgan fingerprint density at radius 3 is 2.45 bits per heavy atom. The summed E-state index contributed by atoms with van der Waals surface area (Å²) in [5.41, 5.74) is 2.83. The predicted molar refractivity (Wildman–Crippen MR) is 82.6 cm³/mol. The van der Waals surface area contributed by atoms with Crippen LogP contribution in [0.15, 0.2) is 40.9 Å². The van der Waals surface area contributed by atoms with Crippen molar-refractivity contribution < 1.29 is 8.78 Å². The summed E-state index contributed by atoms with van der Waals surface area (Å²) in [5, 5.41) is 3.91. The lowest BCUT2D eigenvalue weighted by Gasteiger charge is -2.11. The van der Waals surface area contributed by atoms with E-state index >= 15 is 0 Å². The Hall–Kier alpha value is -1.13. The maximum Gasteiger partial charge on any atom is 0.263 e. The van der Waals surface area contributed by atoms with E-state index in [1.165, 1.54) is 12.1 Å². The van der Waals surface area contributed by atoms with E-state index in [1.54, 1.807) is 12.1 Å². The van der Waals surface area contributed by atoms with E-state index in [4.69, 9.17) is 11.6 Å². The van der Waals surface area contributed by atoms with Crippen LogP contribution in [0.2, 0.25) is 5.02 Å². The standard InChI is InChI=1S/C15H13BrClF2N/c1-9-6-12(16)14(7-13(9)17)20-8-10-2-4-11(5-3-10)15(18)19/h2-7,15,20H,8H2,1H3. The summed E-state index contributed by atoms with van der Waals surface area (Å²) >= 11 is 9.54. The topological polar surface area (TPSA) is 12.0 Å². The SMILES string of the molecule is Cc1cc(Br)c(NCc2ccc(C(F)F)cc2)cc1Cl. The molecular weight excluding hydrogens is 348 g/mol. The van der Waals surface area contributed by atoms with Crippen LogP contribution >= 0.6 is 27.5 Å². The first-order chi connectivity index (χ1) is 9.47. The second kappa shape index (κ2) is 6.55. The average molecular weight is 361 g/mol. The number of alkyl halides is 2. The van der Waals surface area contributed by atoms with Crippen molar-refractivity contribution in [3.05, 3.63) is 62.6 Å². The number of hydrogen-bond acceptors (Lipinski definition) is 1. The normalized spacial score (nSPS) is 10.9. The van der Waals surface area contributed by atoms with Crippen molar-refractivity contribution in [2.75, 3.05) is 5.32 Å². The Balaban J connectivity index is 2.07. The summed E-state index contributed by atoms with van der Waals surface area (Å²) in [7, 11) is 0. The van der Waals surface area contributed by atoms with Gasteiger partial charge < -0.3 is 5.32 Å². The first kappa shape index (κ1) is 15.3. The molecule has 0 aromatic heterocycles. The zero-order chi connectivity index (χ0) is 14.7. The van der Waals surface area contributed by atoms with Crippen LogP contribution in [0.25, 0.3) is 0 Å². The van der Waals surface area contributed by atoms with Gasteiger partial charge in [-0.05, 0) is 46.1 Å². The third-order valence-electron chi connectivity index (χ3n) is 2.96. The Kier molecular flexibility index (Phi) is 5.00. The fraction of sp³-hybridized carbons (Fsp3) is 0.200. The van der Waals surface area contributed by atoms with E-state index in [1.807, 2.05) is 19.1 Å². The lowest BCUT2D eigenvalue weighted by molar-refractivity contribution is 0.151.